The number of phenols is 1. The number of amides is 1. The van der Waals surface area contributed by atoms with Crippen LogP contribution in [-0.2, 0) is 67.7 Å². The summed E-state index contributed by atoms with van der Waals surface area (Å²) in [5.41, 5.74) is 8.00. The fourth-order valence-electron chi connectivity index (χ4n) is 9.42. The average molecular weight is 912 g/mol. The Morgan fingerprint density at radius 1 is 0.515 bits per heavy atom. The lowest BCUT2D eigenvalue weighted by Crippen LogP contribution is -2.61. The number of benzene rings is 7. The van der Waals surface area contributed by atoms with Gasteiger partial charge in [-0.15, -0.1) is 0 Å². The number of hydrogen-bond donors (Lipinski definition) is 1. The van der Waals surface area contributed by atoms with Gasteiger partial charge in [0.1, 0.15) is 36.0 Å². The summed E-state index contributed by atoms with van der Waals surface area (Å²) < 4.78 is 48.1. The van der Waals surface area contributed by atoms with Crippen LogP contribution >= 0.6 is 0 Å². The van der Waals surface area contributed by atoms with E-state index in [4.69, 9.17) is 23.7 Å². The summed E-state index contributed by atoms with van der Waals surface area (Å²) >= 11 is 0. The van der Waals surface area contributed by atoms with E-state index in [0.717, 1.165) is 57.5 Å². The third-order valence-electron chi connectivity index (χ3n) is 13.0. The maximum Gasteiger partial charge on any atom is 0.233 e. The fourth-order valence-corrected chi connectivity index (χ4v) is 9.42. The zero-order chi connectivity index (χ0) is 46.5. The first-order chi connectivity index (χ1) is 33.4. The topological polar surface area (TPSA) is 86.7 Å². The molecule has 348 valence electrons. The number of carbonyl (C=O) groups is 1. The number of phenolic OH excluding ortho intramolecular Hbond substituents is 1. The van der Waals surface area contributed by atoms with Crippen molar-refractivity contribution in [3.05, 3.63) is 239 Å². The van der Waals surface area contributed by atoms with Crippen LogP contribution in [0.3, 0.4) is 0 Å². The van der Waals surface area contributed by atoms with Crippen molar-refractivity contribution in [3.8, 4) is 5.75 Å². The number of ether oxygens (including phenoxy) is 5. The van der Waals surface area contributed by atoms with Crippen molar-refractivity contribution in [1.82, 2.24) is 0 Å². The van der Waals surface area contributed by atoms with E-state index >= 15 is 0 Å². The molecule has 1 N–H and O–H groups in total. The minimum atomic E-state index is -0.545. The van der Waals surface area contributed by atoms with Gasteiger partial charge in [0.2, 0.25) is 5.91 Å². The van der Waals surface area contributed by atoms with Gasteiger partial charge in [0, 0.05) is 12.1 Å². The van der Waals surface area contributed by atoms with Gasteiger partial charge in [0.15, 0.2) is 0 Å². The van der Waals surface area contributed by atoms with Crippen LogP contribution in [-0.4, -0.2) is 48.1 Å². The van der Waals surface area contributed by atoms with Gasteiger partial charge in [0.05, 0.1) is 51.1 Å². The largest absolute Gasteiger partial charge is 0.508 e. The molecule has 0 spiro atoms. The first-order valence-corrected chi connectivity index (χ1v) is 23.6. The van der Waals surface area contributed by atoms with Gasteiger partial charge in [-0.1, -0.05) is 158 Å². The molecule has 0 radical (unpaired) electrons. The number of aromatic hydroxyl groups is 1. The maximum atomic E-state index is 13.9. The zero-order valence-electron chi connectivity index (χ0n) is 38.1. The van der Waals surface area contributed by atoms with Crippen LogP contribution in [0.25, 0.3) is 0 Å². The van der Waals surface area contributed by atoms with Crippen LogP contribution in [0.15, 0.2) is 194 Å². The van der Waals surface area contributed by atoms with Crippen LogP contribution in [0.1, 0.15) is 57.8 Å². The Morgan fingerprint density at radius 3 is 1.54 bits per heavy atom. The summed E-state index contributed by atoms with van der Waals surface area (Å²) in [4.78, 5) is 15.7. The lowest BCUT2D eigenvalue weighted by molar-refractivity contribution is -0.272. The zero-order valence-corrected chi connectivity index (χ0v) is 38.1. The van der Waals surface area contributed by atoms with E-state index in [2.05, 4.69) is 72.8 Å². The van der Waals surface area contributed by atoms with E-state index in [1.165, 1.54) is 12.1 Å². The molecule has 9 heteroatoms. The highest BCUT2D eigenvalue weighted by Gasteiger charge is 2.50. The molecule has 0 bridgehead atoms. The molecule has 0 aromatic heterocycles. The minimum absolute atomic E-state index is 0.0454. The molecule has 7 aromatic rings. The third kappa shape index (κ3) is 12.0. The third-order valence-corrected chi connectivity index (χ3v) is 13.0. The summed E-state index contributed by atoms with van der Waals surface area (Å²) in [5.74, 6) is -0.313. The molecule has 2 saturated heterocycles. The van der Waals surface area contributed by atoms with E-state index in [1.54, 1.807) is 36.4 Å². The summed E-state index contributed by atoms with van der Waals surface area (Å²) in [7, 11) is 0. The second-order valence-electron chi connectivity index (χ2n) is 17.7. The predicted octanol–water partition coefficient (Wildman–Crippen LogP) is 11.5. The maximum absolute atomic E-state index is 13.9. The van der Waals surface area contributed by atoms with Crippen molar-refractivity contribution in [2.24, 2.45) is 5.92 Å². The van der Waals surface area contributed by atoms with Crippen molar-refractivity contribution in [1.29, 1.82) is 0 Å². The molecule has 9 rings (SSSR count). The van der Waals surface area contributed by atoms with Crippen LogP contribution in [0.5, 0.6) is 5.75 Å². The standard InChI is InChI=1S/C59H58FNO7/c60-49-30-26-42(27-31-49)22-13-23-52-55(61(59(52)63)50-32-34-51(62)35-33-50)48-28-24-43(25-29-48)36-53-56(65-38-45-16-7-2-8-17-45)58(67-40-47-20-11-4-12-21-47)57(66-39-46-18-9-3-10-19-46)54(68-53)41-64-37-44-14-5-1-6-15-44/h1-12,14-21,24-35,52-58,62H,13,22-23,36-41H2/t52-,53+,54-,55-,56+,57-,58-/m1/s1. The lowest BCUT2D eigenvalue weighted by atomic mass is 9.78. The molecular weight excluding hydrogens is 854 g/mol. The van der Waals surface area contributed by atoms with E-state index in [1.807, 2.05) is 77.7 Å². The Labute approximate surface area is 398 Å². The fraction of sp³-hybridized carbons (Fsp3) is 0.271. The molecule has 2 aliphatic rings. The molecule has 7 aromatic carbocycles. The van der Waals surface area contributed by atoms with Crippen molar-refractivity contribution >= 4 is 11.6 Å². The molecule has 8 nitrogen and oxygen atoms in total. The minimum Gasteiger partial charge on any atom is -0.508 e. The van der Waals surface area contributed by atoms with Gasteiger partial charge in [0.25, 0.3) is 0 Å². The summed E-state index contributed by atoms with van der Waals surface area (Å²) in [5, 5.41) is 10.1. The van der Waals surface area contributed by atoms with E-state index in [9.17, 15) is 14.3 Å². The van der Waals surface area contributed by atoms with E-state index < -0.39 is 30.5 Å². The van der Waals surface area contributed by atoms with Crippen molar-refractivity contribution in [3.63, 3.8) is 0 Å². The van der Waals surface area contributed by atoms with Gasteiger partial charge in [-0.2, -0.15) is 0 Å². The Kier molecular flexibility index (Phi) is 15.8. The highest BCUT2D eigenvalue weighted by atomic mass is 19.1. The summed E-state index contributed by atoms with van der Waals surface area (Å²) in [6, 6.07) is 62.2. The lowest BCUT2D eigenvalue weighted by Gasteiger charge is -2.48. The molecule has 68 heavy (non-hydrogen) atoms. The number of aryl methyl sites for hydroxylation is 1. The Balaban J connectivity index is 1.00. The molecule has 2 fully saturated rings. The number of anilines is 1. The molecular formula is C59H58FNO7. The molecule has 0 saturated carbocycles. The van der Waals surface area contributed by atoms with Crippen molar-refractivity contribution in [2.75, 3.05) is 11.5 Å². The SMILES string of the molecule is O=C1[C@H](CCCc2ccc(F)cc2)[C@@H](c2ccc(C[C@@H]3O[C@H](COCc4ccccc4)[C@@H](OCc4ccccc4)[C@H](OCc4ccccc4)[C@H]3OCc3ccccc3)cc2)N1c1ccc(O)cc1. The second-order valence-corrected chi connectivity index (χ2v) is 17.7. The van der Waals surface area contributed by atoms with Crippen molar-refractivity contribution < 1.29 is 38.0 Å². The average Bonchev–Trinajstić information content (AvgIpc) is 3.38. The molecule has 2 heterocycles. The summed E-state index contributed by atoms with van der Waals surface area (Å²) in [6.07, 6.45) is 0.142. The molecule has 7 atom stereocenters. The number of rotatable bonds is 21. The van der Waals surface area contributed by atoms with Gasteiger partial charge in [-0.25, -0.2) is 4.39 Å². The molecule has 2 aliphatic heterocycles. The van der Waals surface area contributed by atoms with Gasteiger partial charge in [-0.05, 0) is 94.6 Å². The first kappa shape index (κ1) is 46.6. The van der Waals surface area contributed by atoms with E-state index in [-0.39, 0.29) is 36.0 Å². The highest BCUT2D eigenvalue weighted by Crippen LogP contribution is 2.46. The van der Waals surface area contributed by atoms with Crippen LogP contribution in [0.4, 0.5) is 10.1 Å². The molecule has 0 unspecified atom stereocenters. The normalized spacial score (nSPS) is 21.3. The monoisotopic (exact) mass is 911 g/mol. The Morgan fingerprint density at radius 2 is 1.00 bits per heavy atom. The van der Waals surface area contributed by atoms with Crippen LogP contribution < -0.4 is 4.90 Å². The Hall–Kier alpha value is -6.46. The number of hydrogen-bond acceptors (Lipinski definition) is 7. The number of carbonyl (C=O) groups excluding carboxylic acids is 1. The first-order valence-electron chi connectivity index (χ1n) is 23.6. The van der Waals surface area contributed by atoms with Gasteiger partial charge in [-0.3, -0.25) is 4.79 Å². The quantitative estimate of drug-likeness (QED) is 0.0719. The summed E-state index contributed by atoms with van der Waals surface area (Å²) in [6.45, 7) is 1.74. The number of β-lactam (4-membered cyclic amide) rings is 1. The predicted molar refractivity (Wildman–Crippen MR) is 261 cm³/mol. The highest BCUT2D eigenvalue weighted by molar-refractivity contribution is 6.03. The van der Waals surface area contributed by atoms with Crippen molar-refractivity contribution in [2.45, 2.75) is 88.7 Å². The molecule has 1 amide bonds. The number of halogens is 1. The smallest absolute Gasteiger partial charge is 0.233 e. The second kappa shape index (κ2) is 23.0. The van der Waals surface area contributed by atoms with E-state index in [0.29, 0.717) is 39.3 Å². The van der Waals surface area contributed by atoms with Gasteiger partial charge >= 0.3 is 0 Å². The molecule has 0 aliphatic carbocycles. The van der Waals surface area contributed by atoms with Gasteiger partial charge < -0.3 is 33.7 Å². The van der Waals surface area contributed by atoms with Crippen LogP contribution in [0, 0.1) is 11.7 Å². The number of nitrogens with zero attached hydrogens (tertiary/aromatic N) is 1. The Bertz CT molecular complexity index is 2600. The van der Waals surface area contributed by atoms with Crippen LogP contribution in [0.2, 0.25) is 0 Å².